The number of esters is 1. The van der Waals surface area contributed by atoms with Crippen molar-refractivity contribution in [3.63, 3.8) is 0 Å². The van der Waals surface area contributed by atoms with E-state index in [1.165, 1.54) is 7.11 Å². The van der Waals surface area contributed by atoms with Gasteiger partial charge in [-0.05, 0) is 6.07 Å². The summed E-state index contributed by atoms with van der Waals surface area (Å²) in [5.41, 5.74) is 2.42. The summed E-state index contributed by atoms with van der Waals surface area (Å²) < 4.78 is 9.65. The lowest BCUT2D eigenvalue weighted by molar-refractivity contribution is -0.139. The summed E-state index contributed by atoms with van der Waals surface area (Å²) in [6, 6.07) is 3.63. The maximum Gasteiger partial charge on any atom is 0.310 e. The number of hydrogen-bond acceptors (Lipinski definition) is 4. The van der Waals surface area contributed by atoms with E-state index in [9.17, 15) is 4.79 Å². The van der Waals surface area contributed by atoms with Gasteiger partial charge < -0.3 is 14.5 Å². The molecule has 0 unspecified atom stereocenters. The zero-order valence-electron chi connectivity index (χ0n) is 9.11. The Balaban J connectivity index is 2.41. The van der Waals surface area contributed by atoms with E-state index in [2.05, 4.69) is 14.7 Å². The second-order valence-electron chi connectivity index (χ2n) is 3.32. The van der Waals surface area contributed by atoms with E-state index < -0.39 is 0 Å². The topological polar surface area (TPSA) is 64.2 Å². The van der Waals surface area contributed by atoms with Gasteiger partial charge in [0.25, 0.3) is 0 Å². The van der Waals surface area contributed by atoms with Crippen LogP contribution < -0.4 is 4.74 Å². The quantitative estimate of drug-likeness (QED) is 0.791. The molecule has 0 aliphatic rings. The van der Waals surface area contributed by atoms with E-state index >= 15 is 0 Å². The summed E-state index contributed by atoms with van der Waals surface area (Å²) in [5.74, 6) is 0.240. The lowest BCUT2D eigenvalue weighted by Gasteiger charge is -2.00. The van der Waals surface area contributed by atoms with Crippen molar-refractivity contribution < 1.29 is 14.3 Å². The lowest BCUT2D eigenvalue weighted by Crippen LogP contribution is -2.04. The number of nitrogens with zero attached hydrogens (tertiary/aromatic N) is 1. The zero-order valence-corrected chi connectivity index (χ0v) is 9.11. The number of methoxy groups -OCH3 is 2. The van der Waals surface area contributed by atoms with Crippen LogP contribution in [0, 0.1) is 0 Å². The maximum atomic E-state index is 11.2. The molecule has 2 aromatic rings. The van der Waals surface area contributed by atoms with E-state index in [0.717, 1.165) is 16.6 Å². The minimum Gasteiger partial charge on any atom is -0.481 e. The van der Waals surface area contributed by atoms with E-state index in [0.29, 0.717) is 5.88 Å². The number of pyridine rings is 1. The Hall–Kier alpha value is -2.04. The van der Waals surface area contributed by atoms with Crippen LogP contribution >= 0.6 is 0 Å². The molecular weight excluding hydrogens is 208 g/mol. The normalized spacial score (nSPS) is 10.4. The number of carbonyl (C=O) groups is 1. The van der Waals surface area contributed by atoms with Gasteiger partial charge >= 0.3 is 5.97 Å². The van der Waals surface area contributed by atoms with E-state index in [1.807, 2.05) is 6.07 Å². The Kier molecular flexibility index (Phi) is 2.76. The number of hydrogen-bond donors (Lipinski definition) is 1. The SMILES string of the molecule is COC(=O)Cc1c[nH]c2ccc(OC)nc12. The third-order valence-electron chi connectivity index (χ3n) is 2.35. The molecule has 5 heteroatoms. The average molecular weight is 220 g/mol. The fraction of sp³-hybridized carbons (Fsp3) is 0.273. The number of rotatable bonds is 3. The molecule has 0 aromatic carbocycles. The standard InChI is InChI=1S/C11H12N2O3/c1-15-9-4-3-8-11(13-9)7(6-12-8)5-10(14)16-2/h3-4,6,12H,5H2,1-2H3. The molecule has 0 bridgehead atoms. The van der Waals surface area contributed by atoms with Gasteiger partial charge in [-0.3, -0.25) is 4.79 Å². The number of H-pyrrole nitrogens is 1. The highest BCUT2D eigenvalue weighted by molar-refractivity contribution is 5.84. The van der Waals surface area contributed by atoms with Crippen molar-refractivity contribution in [2.45, 2.75) is 6.42 Å². The summed E-state index contributed by atoms with van der Waals surface area (Å²) in [7, 11) is 2.92. The molecule has 1 N–H and O–H groups in total. The first-order valence-electron chi connectivity index (χ1n) is 4.82. The second-order valence-corrected chi connectivity index (χ2v) is 3.32. The smallest absolute Gasteiger partial charge is 0.310 e. The van der Waals surface area contributed by atoms with Crippen LogP contribution in [0.4, 0.5) is 0 Å². The number of aromatic nitrogens is 2. The van der Waals surface area contributed by atoms with Gasteiger partial charge in [-0.2, -0.15) is 0 Å². The summed E-state index contributed by atoms with van der Waals surface area (Å²) >= 11 is 0. The van der Waals surface area contributed by atoms with Crippen LogP contribution in [-0.2, 0) is 16.0 Å². The van der Waals surface area contributed by atoms with Crippen LogP contribution in [0.25, 0.3) is 11.0 Å². The molecule has 0 spiro atoms. The number of ether oxygens (including phenoxy) is 2. The minimum absolute atomic E-state index is 0.205. The number of carbonyl (C=O) groups excluding carboxylic acids is 1. The first kappa shape index (κ1) is 10.5. The summed E-state index contributed by atoms with van der Waals surface area (Å²) in [4.78, 5) is 18.5. The fourth-order valence-electron chi connectivity index (χ4n) is 1.51. The van der Waals surface area contributed by atoms with Crippen molar-refractivity contribution in [1.29, 1.82) is 0 Å². The molecule has 2 heterocycles. The Bertz CT molecular complexity index is 519. The molecule has 0 fully saturated rings. The Morgan fingerprint density at radius 1 is 1.44 bits per heavy atom. The predicted octanol–water partition coefficient (Wildman–Crippen LogP) is 1.29. The van der Waals surface area contributed by atoms with E-state index in [-0.39, 0.29) is 12.4 Å². The van der Waals surface area contributed by atoms with Gasteiger partial charge in [0.2, 0.25) is 5.88 Å². The molecule has 5 nitrogen and oxygen atoms in total. The molecule has 84 valence electrons. The Labute approximate surface area is 92.4 Å². The van der Waals surface area contributed by atoms with Crippen LogP contribution in [0.5, 0.6) is 5.88 Å². The maximum absolute atomic E-state index is 11.2. The van der Waals surface area contributed by atoms with E-state index in [4.69, 9.17) is 4.74 Å². The number of aromatic amines is 1. The lowest BCUT2D eigenvalue weighted by atomic mass is 10.2. The van der Waals surface area contributed by atoms with Crippen LogP contribution in [0.1, 0.15) is 5.56 Å². The zero-order chi connectivity index (χ0) is 11.5. The highest BCUT2D eigenvalue weighted by Crippen LogP contribution is 2.20. The van der Waals surface area contributed by atoms with Crippen molar-refractivity contribution in [3.05, 3.63) is 23.9 Å². The van der Waals surface area contributed by atoms with Gasteiger partial charge in [-0.1, -0.05) is 0 Å². The highest BCUT2D eigenvalue weighted by atomic mass is 16.5. The monoisotopic (exact) mass is 220 g/mol. The number of fused-ring (bicyclic) bond motifs is 1. The first-order chi connectivity index (χ1) is 7.74. The van der Waals surface area contributed by atoms with Gasteiger partial charge in [-0.15, -0.1) is 0 Å². The molecule has 2 rings (SSSR count). The molecule has 16 heavy (non-hydrogen) atoms. The first-order valence-corrected chi connectivity index (χ1v) is 4.82. The number of nitrogens with one attached hydrogen (secondary N) is 1. The van der Waals surface area contributed by atoms with Crippen molar-refractivity contribution in [2.24, 2.45) is 0 Å². The van der Waals surface area contributed by atoms with Gasteiger partial charge in [0.1, 0.15) is 0 Å². The van der Waals surface area contributed by atoms with Crippen LogP contribution in [0.15, 0.2) is 18.3 Å². The molecule has 0 aliphatic heterocycles. The second kappa shape index (κ2) is 4.22. The van der Waals surface area contributed by atoms with Crippen molar-refractivity contribution >= 4 is 17.0 Å². The summed E-state index contributed by atoms with van der Waals surface area (Å²) in [6.45, 7) is 0. The minimum atomic E-state index is -0.287. The van der Waals surface area contributed by atoms with Crippen LogP contribution in [0.3, 0.4) is 0 Å². The Morgan fingerprint density at radius 3 is 2.94 bits per heavy atom. The van der Waals surface area contributed by atoms with Gasteiger partial charge in [0, 0.05) is 17.8 Å². The van der Waals surface area contributed by atoms with Gasteiger partial charge in [0.15, 0.2) is 0 Å². The summed E-state index contributed by atoms with van der Waals surface area (Å²) in [6.07, 6.45) is 1.96. The van der Waals surface area contributed by atoms with Crippen molar-refractivity contribution in [1.82, 2.24) is 9.97 Å². The molecule has 0 saturated carbocycles. The Morgan fingerprint density at radius 2 is 2.25 bits per heavy atom. The molecule has 0 radical (unpaired) electrons. The third-order valence-corrected chi connectivity index (χ3v) is 2.35. The van der Waals surface area contributed by atoms with Crippen molar-refractivity contribution in [2.75, 3.05) is 14.2 Å². The molecule has 0 atom stereocenters. The predicted molar refractivity (Wildman–Crippen MR) is 58.4 cm³/mol. The molecule has 0 amide bonds. The van der Waals surface area contributed by atoms with Crippen LogP contribution in [-0.4, -0.2) is 30.2 Å². The largest absolute Gasteiger partial charge is 0.481 e. The van der Waals surface area contributed by atoms with Gasteiger partial charge in [-0.25, -0.2) is 4.98 Å². The van der Waals surface area contributed by atoms with E-state index in [1.54, 1.807) is 19.4 Å². The molecular formula is C11H12N2O3. The third kappa shape index (κ3) is 1.84. The highest BCUT2D eigenvalue weighted by Gasteiger charge is 2.10. The van der Waals surface area contributed by atoms with Crippen LogP contribution in [0.2, 0.25) is 0 Å². The fourth-order valence-corrected chi connectivity index (χ4v) is 1.51. The molecule has 0 aliphatic carbocycles. The molecule has 2 aromatic heterocycles. The summed E-state index contributed by atoms with van der Waals surface area (Å²) in [5, 5.41) is 0. The average Bonchev–Trinajstić information content (AvgIpc) is 2.71. The van der Waals surface area contributed by atoms with Crippen molar-refractivity contribution in [3.8, 4) is 5.88 Å². The molecule has 0 saturated heterocycles. The van der Waals surface area contributed by atoms with Gasteiger partial charge in [0.05, 0.1) is 31.7 Å².